The van der Waals surface area contributed by atoms with Crippen LogP contribution in [0.3, 0.4) is 0 Å². The highest BCUT2D eigenvalue weighted by Crippen LogP contribution is 2.44. The topological polar surface area (TPSA) is 21.3 Å². The normalized spacial score (nSPS) is 19.2. The molecule has 2 rings (SSSR count). The molecule has 0 heterocycles. The Morgan fingerprint density at radius 1 is 1.45 bits per heavy atom. The molecule has 0 bridgehead atoms. The van der Waals surface area contributed by atoms with E-state index in [2.05, 4.69) is 21.2 Å². The van der Waals surface area contributed by atoms with Gasteiger partial charge < -0.3 is 10.1 Å². The number of hydrogen-bond acceptors (Lipinski definition) is 2. The zero-order chi connectivity index (χ0) is 14.8. The first kappa shape index (κ1) is 16.2. The van der Waals surface area contributed by atoms with Crippen LogP contribution >= 0.6 is 27.5 Å². The van der Waals surface area contributed by atoms with Crippen molar-refractivity contribution in [1.29, 1.82) is 0 Å². The first-order valence-corrected chi connectivity index (χ1v) is 8.14. The van der Waals surface area contributed by atoms with E-state index in [9.17, 15) is 4.39 Å². The van der Waals surface area contributed by atoms with E-state index < -0.39 is 0 Å². The maximum Gasteiger partial charge on any atom is 0.147 e. The lowest BCUT2D eigenvalue weighted by Gasteiger charge is -2.37. The van der Waals surface area contributed by atoms with Gasteiger partial charge in [0.05, 0.1) is 16.7 Å². The predicted molar refractivity (Wildman–Crippen MR) is 83.7 cm³/mol. The van der Waals surface area contributed by atoms with Crippen LogP contribution in [0.1, 0.15) is 44.2 Å². The standard InChI is InChI=1S/C15H20BrClFNO/c1-3-19-14(15(20-2)8-4-5-9-15)10-6-7-11(16)12(17)13(10)18/h6-7,14,19H,3-5,8-9H2,1-2H3. The maximum absolute atomic E-state index is 14.5. The van der Waals surface area contributed by atoms with Crippen molar-refractivity contribution in [2.75, 3.05) is 13.7 Å². The summed E-state index contributed by atoms with van der Waals surface area (Å²) in [6, 6.07) is 3.41. The van der Waals surface area contributed by atoms with Crippen molar-refractivity contribution in [3.63, 3.8) is 0 Å². The minimum atomic E-state index is -0.365. The van der Waals surface area contributed by atoms with Gasteiger partial charge >= 0.3 is 0 Å². The average molecular weight is 365 g/mol. The average Bonchev–Trinajstić information content (AvgIpc) is 2.93. The van der Waals surface area contributed by atoms with Gasteiger partial charge in [0.25, 0.3) is 0 Å². The molecular weight excluding hydrogens is 345 g/mol. The smallest absolute Gasteiger partial charge is 0.147 e. The summed E-state index contributed by atoms with van der Waals surface area (Å²) in [5, 5.41) is 3.52. The van der Waals surface area contributed by atoms with Gasteiger partial charge in [-0.05, 0) is 41.4 Å². The van der Waals surface area contributed by atoms with Crippen molar-refractivity contribution in [3.8, 4) is 0 Å². The minimum Gasteiger partial charge on any atom is -0.376 e. The molecule has 1 aromatic rings. The number of benzene rings is 1. The second-order valence-corrected chi connectivity index (χ2v) is 6.46. The van der Waals surface area contributed by atoms with Crippen molar-refractivity contribution < 1.29 is 9.13 Å². The third-order valence-electron chi connectivity index (χ3n) is 4.17. The molecular formula is C15H20BrClFNO. The number of hydrogen-bond donors (Lipinski definition) is 1. The number of likely N-dealkylation sites (N-methyl/N-ethyl adjacent to an activating group) is 1. The zero-order valence-electron chi connectivity index (χ0n) is 11.8. The van der Waals surface area contributed by atoms with Gasteiger partial charge in [-0.2, -0.15) is 0 Å². The number of ether oxygens (including phenoxy) is 1. The number of methoxy groups -OCH3 is 1. The lowest BCUT2D eigenvalue weighted by molar-refractivity contribution is -0.0372. The summed E-state index contributed by atoms with van der Waals surface area (Å²) >= 11 is 9.29. The van der Waals surface area contributed by atoms with Crippen LogP contribution in [-0.4, -0.2) is 19.3 Å². The van der Waals surface area contributed by atoms with E-state index in [4.69, 9.17) is 16.3 Å². The molecule has 0 saturated heterocycles. The highest BCUT2D eigenvalue weighted by atomic mass is 79.9. The highest BCUT2D eigenvalue weighted by Gasteiger charge is 2.43. The van der Waals surface area contributed by atoms with Gasteiger partial charge in [0, 0.05) is 17.1 Å². The molecule has 1 N–H and O–H groups in total. The first-order chi connectivity index (χ1) is 9.55. The third-order valence-corrected chi connectivity index (χ3v) is 5.43. The molecule has 1 atom stereocenters. The van der Waals surface area contributed by atoms with Crippen LogP contribution in [0.5, 0.6) is 0 Å². The Labute approximate surface area is 133 Å². The summed E-state index contributed by atoms with van der Waals surface area (Å²) in [7, 11) is 1.72. The summed E-state index contributed by atoms with van der Waals surface area (Å²) in [6.07, 6.45) is 4.10. The molecule has 1 saturated carbocycles. The largest absolute Gasteiger partial charge is 0.376 e. The van der Waals surface area contributed by atoms with Gasteiger partial charge in [-0.1, -0.05) is 37.4 Å². The van der Waals surface area contributed by atoms with Crippen LogP contribution in [0.25, 0.3) is 0 Å². The molecule has 1 unspecified atom stereocenters. The molecule has 112 valence electrons. The van der Waals surface area contributed by atoms with E-state index in [1.54, 1.807) is 19.2 Å². The molecule has 1 aliphatic rings. The second-order valence-electron chi connectivity index (χ2n) is 5.23. The van der Waals surface area contributed by atoms with E-state index in [0.717, 1.165) is 32.2 Å². The van der Waals surface area contributed by atoms with Crippen molar-refractivity contribution in [3.05, 3.63) is 33.0 Å². The molecule has 5 heteroatoms. The molecule has 20 heavy (non-hydrogen) atoms. The summed E-state index contributed by atoms with van der Waals surface area (Å²) in [6.45, 7) is 2.77. The van der Waals surface area contributed by atoms with Crippen LogP contribution in [0, 0.1) is 5.82 Å². The Bertz CT molecular complexity index is 477. The monoisotopic (exact) mass is 363 g/mol. The van der Waals surface area contributed by atoms with Crippen LogP contribution in [0.2, 0.25) is 5.02 Å². The maximum atomic E-state index is 14.5. The molecule has 1 aliphatic carbocycles. The fourth-order valence-electron chi connectivity index (χ4n) is 3.13. The molecule has 0 aromatic heterocycles. The fourth-order valence-corrected chi connectivity index (χ4v) is 3.61. The van der Waals surface area contributed by atoms with E-state index in [-0.39, 0.29) is 22.5 Å². The number of nitrogens with one attached hydrogen (secondary N) is 1. The molecule has 0 spiro atoms. The third kappa shape index (κ3) is 2.89. The van der Waals surface area contributed by atoms with Crippen molar-refractivity contribution in [1.82, 2.24) is 5.32 Å². The van der Waals surface area contributed by atoms with E-state index >= 15 is 0 Å². The van der Waals surface area contributed by atoms with Crippen LogP contribution < -0.4 is 5.32 Å². The summed E-state index contributed by atoms with van der Waals surface area (Å²) in [5.41, 5.74) is 0.248. The van der Waals surface area contributed by atoms with Crippen molar-refractivity contribution >= 4 is 27.5 Å². The van der Waals surface area contributed by atoms with Gasteiger partial charge in [-0.15, -0.1) is 0 Å². The minimum absolute atomic E-state index is 0.134. The van der Waals surface area contributed by atoms with E-state index in [1.807, 2.05) is 6.92 Å². The zero-order valence-corrected chi connectivity index (χ0v) is 14.2. The van der Waals surface area contributed by atoms with Gasteiger partial charge in [0.1, 0.15) is 5.82 Å². The highest BCUT2D eigenvalue weighted by molar-refractivity contribution is 9.10. The summed E-state index contributed by atoms with van der Waals surface area (Å²) in [4.78, 5) is 0. The predicted octanol–water partition coefficient (Wildman–Crippen LogP) is 4.85. The van der Waals surface area contributed by atoms with Gasteiger partial charge in [0.2, 0.25) is 0 Å². The van der Waals surface area contributed by atoms with Crippen molar-refractivity contribution in [2.24, 2.45) is 0 Å². The van der Waals surface area contributed by atoms with E-state index in [1.165, 1.54) is 0 Å². The van der Waals surface area contributed by atoms with Gasteiger partial charge in [-0.25, -0.2) is 4.39 Å². The molecule has 1 fully saturated rings. The molecule has 1 aromatic carbocycles. The fraction of sp³-hybridized carbons (Fsp3) is 0.600. The molecule has 0 radical (unpaired) electrons. The second kappa shape index (κ2) is 6.73. The number of rotatable bonds is 5. The Hall–Kier alpha value is -0.160. The van der Waals surface area contributed by atoms with E-state index in [0.29, 0.717) is 10.0 Å². The SMILES string of the molecule is CCNC(c1ccc(Br)c(Cl)c1F)C1(OC)CCCC1. The van der Waals surface area contributed by atoms with Crippen LogP contribution in [-0.2, 0) is 4.74 Å². The van der Waals surface area contributed by atoms with Gasteiger partial charge in [-0.3, -0.25) is 0 Å². The Morgan fingerprint density at radius 3 is 2.65 bits per heavy atom. The molecule has 0 amide bonds. The summed E-state index contributed by atoms with van der Waals surface area (Å²) in [5.74, 6) is -0.365. The van der Waals surface area contributed by atoms with Crippen LogP contribution in [0.4, 0.5) is 4.39 Å². The molecule has 0 aliphatic heterocycles. The summed E-state index contributed by atoms with van der Waals surface area (Å²) < 4.78 is 20.9. The first-order valence-electron chi connectivity index (χ1n) is 6.97. The Kier molecular flexibility index (Phi) is 5.46. The Morgan fingerprint density at radius 2 is 2.10 bits per heavy atom. The number of halogens is 3. The molecule has 2 nitrogen and oxygen atoms in total. The van der Waals surface area contributed by atoms with Crippen LogP contribution in [0.15, 0.2) is 16.6 Å². The Balaban J connectivity index is 2.45. The lowest BCUT2D eigenvalue weighted by Crippen LogP contribution is -2.44. The van der Waals surface area contributed by atoms with Crippen molar-refractivity contribution in [2.45, 2.75) is 44.2 Å². The quantitative estimate of drug-likeness (QED) is 0.754. The lowest BCUT2D eigenvalue weighted by atomic mass is 9.86. The van der Waals surface area contributed by atoms with Gasteiger partial charge in [0.15, 0.2) is 0 Å².